The molecule has 0 saturated carbocycles. The molecule has 0 unspecified atom stereocenters. The van der Waals surface area contributed by atoms with Crippen LogP contribution in [-0.4, -0.2) is 23.0 Å². The molecule has 0 aromatic heterocycles. The second-order valence-electron chi connectivity index (χ2n) is 4.46. The van der Waals surface area contributed by atoms with Crippen LogP contribution in [0.5, 0.6) is 0 Å². The first-order valence-corrected chi connectivity index (χ1v) is 5.04. The van der Waals surface area contributed by atoms with Crippen molar-refractivity contribution in [2.24, 2.45) is 5.16 Å². The number of esters is 1. The zero-order valence-electron chi connectivity index (χ0n) is 9.90. The fourth-order valence-electron chi connectivity index (χ4n) is 1.20. The quantitative estimate of drug-likeness (QED) is 0.373. The van der Waals surface area contributed by atoms with Crippen LogP contribution in [0, 0.1) is 5.82 Å². The van der Waals surface area contributed by atoms with E-state index in [9.17, 15) is 9.18 Å². The van der Waals surface area contributed by atoms with E-state index in [0.29, 0.717) is 0 Å². The van der Waals surface area contributed by atoms with E-state index in [4.69, 9.17) is 9.94 Å². The predicted molar refractivity (Wildman–Crippen MR) is 60.9 cm³/mol. The van der Waals surface area contributed by atoms with Gasteiger partial charge in [0.2, 0.25) is 0 Å². The van der Waals surface area contributed by atoms with Crippen LogP contribution in [0.3, 0.4) is 0 Å². The standard InChI is InChI=1S/C12H14FNO3/c1-12(2,3)17-11(15)9-6-4-5-8(7-14-16)10(9)13/h4-7,16H,1-3H3. The van der Waals surface area contributed by atoms with Gasteiger partial charge in [0, 0.05) is 5.56 Å². The summed E-state index contributed by atoms with van der Waals surface area (Å²) < 4.78 is 18.8. The van der Waals surface area contributed by atoms with Gasteiger partial charge in [-0.1, -0.05) is 17.3 Å². The second-order valence-corrected chi connectivity index (χ2v) is 4.46. The Balaban J connectivity index is 3.07. The highest BCUT2D eigenvalue weighted by Gasteiger charge is 2.21. The monoisotopic (exact) mass is 239 g/mol. The van der Waals surface area contributed by atoms with Gasteiger partial charge < -0.3 is 9.94 Å². The highest BCUT2D eigenvalue weighted by molar-refractivity contribution is 5.92. The molecule has 1 rings (SSSR count). The first-order chi connectivity index (χ1) is 7.85. The number of hydrogen-bond acceptors (Lipinski definition) is 4. The molecule has 5 heteroatoms. The lowest BCUT2D eigenvalue weighted by Gasteiger charge is -2.19. The Morgan fingerprint density at radius 3 is 2.65 bits per heavy atom. The minimum atomic E-state index is -0.764. The van der Waals surface area contributed by atoms with Crippen LogP contribution < -0.4 is 0 Å². The number of oxime groups is 1. The van der Waals surface area contributed by atoms with E-state index in [2.05, 4.69) is 5.16 Å². The largest absolute Gasteiger partial charge is 0.456 e. The van der Waals surface area contributed by atoms with Crippen LogP contribution in [-0.2, 0) is 4.74 Å². The first-order valence-electron chi connectivity index (χ1n) is 5.04. The molecule has 0 fully saturated rings. The molecule has 4 nitrogen and oxygen atoms in total. The first kappa shape index (κ1) is 13.2. The number of rotatable bonds is 2. The number of carbonyl (C=O) groups is 1. The topological polar surface area (TPSA) is 58.9 Å². The fraction of sp³-hybridized carbons (Fsp3) is 0.333. The highest BCUT2D eigenvalue weighted by atomic mass is 19.1. The molecule has 0 aliphatic carbocycles. The lowest BCUT2D eigenvalue weighted by Crippen LogP contribution is -2.24. The molecule has 1 N–H and O–H groups in total. The molecular weight excluding hydrogens is 225 g/mol. The Labute approximate surface area is 98.7 Å². The van der Waals surface area contributed by atoms with Gasteiger partial charge in [-0.05, 0) is 26.8 Å². The van der Waals surface area contributed by atoms with Crippen LogP contribution in [0.15, 0.2) is 23.4 Å². The zero-order valence-corrected chi connectivity index (χ0v) is 9.90. The molecule has 17 heavy (non-hydrogen) atoms. The van der Waals surface area contributed by atoms with Crippen LogP contribution in [0.2, 0.25) is 0 Å². The van der Waals surface area contributed by atoms with E-state index in [1.165, 1.54) is 18.2 Å². The van der Waals surface area contributed by atoms with Crippen LogP contribution in [0.1, 0.15) is 36.7 Å². The van der Waals surface area contributed by atoms with E-state index in [-0.39, 0.29) is 11.1 Å². The number of benzene rings is 1. The van der Waals surface area contributed by atoms with Gasteiger partial charge in [0.1, 0.15) is 11.4 Å². The molecule has 0 saturated heterocycles. The summed E-state index contributed by atoms with van der Waals surface area (Å²) in [6.07, 6.45) is 0.920. The number of hydrogen-bond donors (Lipinski definition) is 1. The van der Waals surface area contributed by atoms with Gasteiger partial charge in [-0.2, -0.15) is 0 Å². The smallest absolute Gasteiger partial charge is 0.341 e. The second kappa shape index (κ2) is 4.95. The van der Waals surface area contributed by atoms with E-state index < -0.39 is 17.4 Å². The minimum Gasteiger partial charge on any atom is -0.456 e. The summed E-state index contributed by atoms with van der Waals surface area (Å²) in [6, 6.07) is 4.19. The Kier molecular flexibility index (Phi) is 3.83. The summed E-state index contributed by atoms with van der Waals surface area (Å²) in [6.45, 7) is 5.09. The molecule has 0 atom stereocenters. The Hall–Kier alpha value is -1.91. The minimum absolute atomic E-state index is 0.0239. The van der Waals surface area contributed by atoms with Crippen molar-refractivity contribution in [2.45, 2.75) is 26.4 Å². The summed E-state index contributed by atoms with van der Waals surface area (Å²) in [4.78, 5) is 11.7. The van der Waals surface area contributed by atoms with Crippen molar-refractivity contribution in [3.63, 3.8) is 0 Å². The number of nitrogens with zero attached hydrogens (tertiary/aromatic N) is 1. The maximum atomic E-state index is 13.8. The van der Waals surface area contributed by atoms with Gasteiger partial charge in [0.15, 0.2) is 0 Å². The third-order valence-electron chi connectivity index (χ3n) is 1.84. The summed E-state index contributed by atoms with van der Waals surface area (Å²) in [7, 11) is 0. The summed E-state index contributed by atoms with van der Waals surface area (Å²) in [5.41, 5.74) is -0.849. The van der Waals surface area contributed by atoms with Gasteiger partial charge in [-0.3, -0.25) is 0 Å². The maximum Gasteiger partial charge on any atom is 0.341 e. The number of carbonyl (C=O) groups excluding carboxylic acids is 1. The molecule has 0 aliphatic rings. The van der Waals surface area contributed by atoms with Crippen LogP contribution in [0.4, 0.5) is 4.39 Å². The van der Waals surface area contributed by atoms with Crippen molar-refractivity contribution in [3.8, 4) is 0 Å². The third kappa shape index (κ3) is 3.55. The number of ether oxygens (including phenoxy) is 1. The molecule has 0 heterocycles. The molecule has 0 bridgehead atoms. The van der Waals surface area contributed by atoms with Gasteiger partial charge in [0.05, 0.1) is 11.8 Å². The average Bonchev–Trinajstić information content (AvgIpc) is 2.18. The molecule has 1 aromatic rings. The lowest BCUT2D eigenvalue weighted by molar-refractivity contribution is 0.00647. The Morgan fingerprint density at radius 1 is 1.47 bits per heavy atom. The van der Waals surface area contributed by atoms with Crippen LogP contribution >= 0.6 is 0 Å². The average molecular weight is 239 g/mol. The van der Waals surface area contributed by atoms with Crippen molar-refractivity contribution in [3.05, 3.63) is 35.1 Å². The molecular formula is C12H14FNO3. The maximum absolute atomic E-state index is 13.8. The van der Waals surface area contributed by atoms with Gasteiger partial charge in [0.25, 0.3) is 0 Å². The molecule has 1 aromatic carbocycles. The van der Waals surface area contributed by atoms with Crippen LogP contribution in [0.25, 0.3) is 0 Å². The Bertz CT molecular complexity index is 450. The highest BCUT2D eigenvalue weighted by Crippen LogP contribution is 2.16. The molecule has 92 valence electrons. The lowest BCUT2D eigenvalue weighted by atomic mass is 10.1. The molecule has 0 radical (unpaired) electrons. The van der Waals surface area contributed by atoms with Gasteiger partial charge >= 0.3 is 5.97 Å². The van der Waals surface area contributed by atoms with Gasteiger partial charge in [-0.15, -0.1) is 0 Å². The molecule has 0 amide bonds. The zero-order chi connectivity index (χ0) is 13.1. The van der Waals surface area contributed by atoms with Crippen molar-refractivity contribution in [2.75, 3.05) is 0 Å². The Morgan fingerprint density at radius 2 is 2.12 bits per heavy atom. The summed E-state index contributed by atoms with van der Waals surface area (Å²) in [5.74, 6) is -1.51. The van der Waals surface area contributed by atoms with E-state index in [1.807, 2.05) is 0 Å². The number of halogens is 1. The van der Waals surface area contributed by atoms with E-state index in [0.717, 1.165) is 6.21 Å². The SMILES string of the molecule is CC(C)(C)OC(=O)c1cccc(C=NO)c1F. The molecule has 0 aliphatic heterocycles. The van der Waals surface area contributed by atoms with Crippen molar-refractivity contribution < 1.29 is 19.1 Å². The summed E-state index contributed by atoms with van der Waals surface area (Å²) in [5, 5.41) is 11.1. The summed E-state index contributed by atoms with van der Waals surface area (Å²) >= 11 is 0. The van der Waals surface area contributed by atoms with Crippen molar-refractivity contribution >= 4 is 12.2 Å². The van der Waals surface area contributed by atoms with E-state index in [1.54, 1.807) is 20.8 Å². The normalized spacial score (nSPS) is 11.8. The third-order valence-corrected chi connectivity index (χ3v) is 1.84. The fourth-order valence-corrected chi connectivity index (χ4v) is 1.20. The van der Waals surface area contributed by atoms with Gasteiger partial charge in [-0.25, -0.2) is 9.18 Å². The van der Waals surface area contributed by atoms with Crippen molar-refractivity contribution in [1.29, 1.82) is 0 Å². The van der Waals surface area contributed by atoms with E-state index >= 15 is 0 Å². The van der Waals surface area contributed by atoms with Crippen molar-refractivity contribution in [1.82, 2.24) is 0 Å². The molecule has 0 spiro atoms. The predicted octanol–water partition coefficient (Wildman–Crippen LogP) is 2.59.